The number of halogens is 1. The van der Waals surface area contributed by atoms with Gasteiger partial charge >= 0.3 is 0 Å². The van der Waals surface area contributed by atoms with Crippen molar-refractivity contribution in [2.24, 2.45) is 0 Å². The highest BCUT2D eigenvalue weighted by atomic mass is 19.1. The number of aryl methyl sites for hydroxylation is 1. The summed E-state index contributed by atoms with van der Waals surface area (Å²) in [5.41, 5.74) is 1.91. The van der Waals surface area contributed by atoms with Crippen LogP contribution in [0.2, 0.25) is 0 Å². The molecule has 2 nitrogen and oxygen atoms in total. The van der Waals surface area contributed by atoms with Gasteiger partial charge in [0.2, 0.25) is 0 Å². The topological polar surface area (TPSA) is 6.48 Å². The normalized spacial score (nSPS) is 18.2. The van der Waals surface area contributed by atoms with Gasteiger partial charge in [-0.2, -0.15) is 0 Å². The Bertz CT molecular complexity index is 409. The molecule has 0 atom stereocenters. The first kappa shape index (κ1) is 14.5. The minimum atomic E-state index is -0.0526. The molecule has 1 aliphatic heterocycles. The predicted octanol–water partition coefficient (Wildman–Crippen LogP) is 2.91. The Hall–Kier alpha value is -0.930. The Labute approximate surface area is 116 Å². The molecule has 0 amide bonds. The van der Waals surface area contributed by atoms with Crippen molar-refractivity contribution in [2.45, 2.75) is 38.8 Å². The van der Waals surface area contributed by atoms with E-state index >= 15 is 0 Å². The Kier molecular flexibility index (Phi) is 4.94. The number of hydrogen-bond acceptors (Lipinski definition) is 2. The molecular weight excluding hydrogens is 239 g/mol. The molecule has 0 saturated carbocycles. The molecular formula is C16H25FN2. The van der Waals surface area contributed by atoms with Crippen LogP contribution in [0, 0.1) is 5.82 Å². The van der Waals surface area contributed by atoms with E-state index in [1.165, 1.54) is 12.8 Å². The zero-order valence-electron chi connectivity index (χ0n) is 12.3. The SMILES string of the molecule is CCc1ccc(CN2CCC(N(C)C)CC2)cc1F. The van der Waals surface area contributed by atoms with Gasteiger partial charge in [-0.15, -0.1) is 0 Å². The zero-order chi connectivity index (χ0) is 13.8. The number of likely N-dealkylation sites (tertiary alicyclic amines) is 1. The summed E-state index contributed by atoms with van der Waals surface area (Å²) in [5.74, 6) is -0.0526. The molecule has 1 aromatic carbocycles. The lowest BCUT2D eigenvalue weighted by Crippen LogP contribution is -2.41. The number of piperidine rings is 1. The molecule has 1 heterocycles. The highest BCUT2D eigenvalue weighted by Gasteiger charge is 2.20. The summed E-state index contributed by atoms with van der Waals surface area (Å²) in [6, 6.07) is 6.41. The monoisotopic (exact) mass is 264 g/mol. The first-order valence-electron chi connectivity index (χ1n) is 7.26. The summed E-state index contributed by atoms with van der Waals surface area (Å²) in [6.45, 7) is 5.09. The molecule has 1 aromatic rings. The second-order valence-corrected chi connectivity index (χ2v) is 5.75. The fraction of sp³-hybridized carbons (Fsp3) is 0.625. The predicted molar refractivity (Wildman–Crippen MR) is 77.8 cm³/mol. The number of rotatable bonds is 4. The van der Waals surface area contributed by atoms with Crippen LogP contribution < -0.4 is 0 Å². The van der Waals surface area contributed by atoms with Gasteiger partial charge in [0.15, 0.2) is 0 Å². The van der Waals surface area contributed by atoms with Crippen LogP contribution in [0.15, 0.2) is 18.2 Å². The summed E-state index contributed by atoms with van der Waals surface area (Å²) < 4.78 is 13.7. The average Bonchev–Trinajstić information content (AvgIpc) is 2.39. The Morgan fingerprint density at radius 3 is 2.47 bits per heavy atom. The molecule has 1 aliphatic rings. The first-order valence-corrected chi connectivity index (χ1v) is 7.26. The summed E-state index contributed by atoms with van der Waals surface area (Å²) in [5, 5.41) is 0. The third-order valence-corrected chi connectivity index (χ3v) is 4.19. The lowest BCUT2D eigenvalue weighted by atomic mass is 10.0. The lowest BCUT2D eigenvalue weighted by molar-refractivity contribution is 0.140. The van der Waals surface area contributed by atoms with E-state index in [1.807, 2.05) is 13.0 Å². The standard InChI is InChI=1S/C16H25FN2/c1-4-14-6-5-13(11-16(14)17)12-19-9-7-15(8-10-19)18(2)3/h5-6,11,15H,4,7-10,12H2,1-3H3. The van der Waals surface area contributed by atoms with Crippen LogP contribution in [0.1, 0.15) is 30.9 Å². The van der Waals surface area contributed by atoms with Crippen molar-refractivity contribution < 1.29 is 4.39 Å². The van der Waals surface area contributed by atoms with Gasteiger partial charge in [-0.1, -0.05) is 19.1 Å². The molecule has 0 radical (unpaired) electrons. The minimum absolute atomic E-state index is 0.0526. The quantitative estimate of drug-likeness (QED) is 0.825. The van der Waals surface area contributed by atoms with Crippen LogP contribution in [0.4, 0.5) is 4.39 Å². The molecule has 2 rings (SSSR count). The molecule has 0 aromatic heterocycles. The van der Waals surface area contributed by atoms with Crippen LogP contribution in [0.5, 0.6) is 0 Å². The van der Waals surface area contributed by atoms with Gasteiger partial charge in [-0.3, -0.25) is 4.90 Å². The minimum Gasteiger partial charge on any atom is -0.306 e. The first-order chi connectivity index (χ1) is 9.10. The van der Waals surface area contributed by atoms with Gasteiger partial charge in [-0.05, 0) is 63.6 Å². The second kappa shape index (κ2) is 6.49. The Balaban J connectivity index is 1.90. The zero-order valence-corrected chi connectivity index (χ0v) is 12.3. The van der Waals surface area contributed by atoms with E-state index in [-0.39, 0.29) is 5.82 Å². The van der Waals surface area contributed by atoms with Crippen molar-refractivity contribution >= 4 is 0 Å². The highest BCUT2D eigenvalue weighted by Crippen LogP contribution is 2.18. The van der Waals surface area contributed by atoms with Crippen molar-refractivity contribution in [3.63, 3.8) is 0 Å². The second-order valence-electron chi connectivity index (χ2n) is 5.75. The van der Waals surface area contributed by atoms with Crippen molar-refractivity contribution in [2.75, 3.05) is 27.2 Å². The van der Waals surface area contributed by atoms with E-state index in [4.69, 9.17) is 0 Å². The summed E-state index contributed by atoms with van der Waals surface area (Å²) >= 11 is 0. The molecule has 0 bridgehead atoms. The largest absolute Gasteiger partial charge is 0.306 e. The van der Waals surface area contributed by atoms with E-state index in [1.54, 1.807) is 6.07 Å². The molecule has 0 unspecified atom stereocenters. The highest BCUT2D eigenvalue weighted by molar-refractivity contribution is 5.24. The molecule has 0 aliphatic carbocycles. The van der Waals surface area contributed by atoms with E-state index in [0.29, 0.717) is 6.04 Å². The van der Waals surface area contributed by atoms with Crippen molar-refractivity contribution in [1.29, 1.82) is 0 Å². The summed E-state index contributed by atoms with van der Waals surface area (Å²) in [7, 11) is 4.30. The van der Waals surface area contributed by atoms with Crippen molar-refractivity contribution in [3.05, 3.63) is 35.1 Å². The van der Waals surface area contributed by atoms with Crippen molar-refractivity contribution in [1.82, 2.24) is 9.80 Å². The maximum atomic E-state index is 13.7. The molecule has 0 N–H and O–H groups in total. The van der Waals surface area contributed by atoms with Crippen LogP contribution >= 0.6 is 0 Å². The van der Waals surface area contributed by atoms with E-state index in [2.05, 4.69) is 30.0 Å². The van der Waals surface area contributed by atoms with E-state index in [0.717, 1.165) is 37.2 Å². The van der Waals surface area contributed by atoms with Gasteiger partial charge in [0.05, 0.1) is 0 Å². The smallest absolute Gasteiger partial charge is 0.126 e. The molecule has 19 heavy (non-hydrogen) atoms. The van der Waals surface area contributed by atoms with E-state index in [9.17, 15) is 4.39 Å². The van der Waals surface area contributed by atoms with Crippen LogP contribution in [-0.2, 0) is 13.0 Å². The number of nitrogens with zero attached hydrogens (tertiary/aromatic N) is 2. The number of hydrogen-bond donors (Lipinski definition) is 0. The molecule has 0 spiro atoms. The van der Waals surface area contributed by atoms with Gasteiger partial charge in [0, 0.05) is 12.6 Å². The molecule has 1 fully saturated rings. The average molecular weight is 264 g/mol. The van der Waals surface area contributed by atoms with Gasteiger partial charge in [0.25, 0.3) is 0 Å². The van der Waals surface area contributed by atoms with E-state index < -0.39 is 0 Å². The Morgan fingerprint density at radius 2 is 1.95 bits per heavy atom. The van der Waals surface area contributed by atoms with Crippen LogP contribution in [0.3, 0.4) is 0 Å². The maximum Gasteiger partial charge on any atom is 0.126 e. The lowest BCUT2D eigenvalue weighted by Gasteiger charge is -2.35. The maximum absolute atomic E-state index is 13.7. The van der Waals surface area contributed by atoms with Crippen molar-refractivity contribution in [3.8, 4) is 0 Å². The van der Waals surface area contributed by atoms with Gasteiger partial charge in [-0.25, -0.2) is 4.39 Å². The Morgan fingerprint density at radius 1 is 1.26 bits per heavy atom. The van der Waals surface area contributed by atoms with Gasteiger partial charge < -0.3 is 4.90 Å². The number of benzene rings is 1. The molecule has 1 saturated heterocycles. The van der Waals surface area contributed by atoms with Crippen LogP contribution in [-0.4, -0.2) is 43.0 Å². The molecule has 106 valence electrons. The third kappa shape index (κ3) is 3.77. The molecule has 3 heteroatoms. The summed E-state index contributed by atoms with van der Waals surface area (Å²) in [4.78, 5) is 4.74. The third-order valence-electron chi connectivity index (χ3n) is 4.19. The van der Waals surface area contributed by atoms with Crippen LogP contribution in [0.25, 0.3) is 0 Å². The summed E-state index contributed by atoms with van der Waals surface area (Å²) in [6.07, 6.45) is 3.19. The fourth-order valence-electron chi connectivity index (χ4n) is 2.83. The fourth-order valence-corrected chi connectivity index (χ4v) is 2.83. The van der Waals surface area contributed by atoms with Gasteiger partial charge in [0.1, 0.15) is 5.82 Å².